The molecule has 0 fully saturated rings. The van der Waals surface area contributed by atoms with Crippen molar-refractivity contribution in [1.29, 1.82) is 0 Å². The zero-order valence-electron chi connectivity index (χ0n) is 50.5. The number of rotatable bonds is 8. The molecule has 4 aliphatic rings. The lowest BCUT2D eigenvalue weighted by molar-refractivity contribution is 0.635. The zero-order valence-corrected chi connectivity index (χ0v) is 50.5. The number of para-hydroxylation sites is 1. The molecule has 2 aromatic heterocycles. The molecular weight excluding hydrogens is 1040 g/mol. The number of allylic oxidation sites excluding steroid dienone is 15. The normalized spacial score (nSPS) is 18.2. The summed E-state index contributed by atoms with van der Waals surface area (Å²) < 4.78 is 9.70. The van der Waals surface area contributed by atoms with Gasteiger partial charge < -0.3 is 8.98 Å². The molecule has 11 aromatic rings. The molecule has 0 amide bonds. The summed E-state index contributed by atoms with van der Waals surface area (Å²) in [6.07, 6.45) is 26.7. The van der Waals surface area contributed by atoms with Crippen LogP contribution in [0.4, 0.5) is 0 Å². The lowest BCUT2D eigenvalue weighted by atomic mass is 9.75. The van der Waals surface area contributed by atoms with Gasteiger partial charge in [-0.05, 0) is 217 Å². The van der Waals surface area contributed by atoms with Gasteiger partial charge in [-0.3, -0.25) is 0 Å². The van der Waals surface area contributed by atoms with Crippen molar-refractivity contribution in [3.05, 3.63) is 287 Å². The average Bonchev–Trinajstić information content (AvgIpc) is 1.34. The van der Waals surface area contributed by atoms with E-state index in [0.717, 1.165) is 75.4 Å². The molecule has 86 heavy (non-hydrogen) atoms. The van der Waals surface area contributed by atoms with Gasteiger partial charge in [-0.2, -0.15) is 0 Å². The fourth-order valence-corrected chi connectivity index (χ4v) is 15.1. The second-order valence-electron chi connectivity index (χ2n) is 25.6. The minimum absolute atomic E-state index is 0.203. The third-order valence-electron chi connectivity index (χ3n) is 19.8. The van der Waals surface area contributed by atoms with E-state index in [0.29, 0.717) is 0 Å². The van der Waals surface area contributed by atoms with Crippen molar-refractivity contribution in [3.8, 4) is 44.5 Å². The fraction of sp³-hybridized carbons (Fsp3) is 0.167. The highest BCUT2D eigenvalue weighted by atomic mass is 16.3. The predicted molar refractivity (Wildman–Crippen MR) is 370 cm³/mol. The van der Waals surface area contributed by atoms with Crippen molar-refractivity contribution in [1.82, 2.24) is 4.57 Å². The second kappa shape index (κ2) is 20.3. The molecule has 0 bridgehead atoms. The van der Waals surface area contributed by atoms with Gasteiger partial charge in [0.05, 0.1) is 11.0 Å². The molecule has 1 unspecified atom stereocenters. The Morgan fingerprint density at radius 3 is 2.08 bits per heavy atom. The Morgan fingerprint density at radius 2 is 1.28 bits per heavy atom. The first-order valence-electron chi connectivity index (χ1n) is 30.9. The molecule has 0 spiro atoms. The third-order valence-corrected chi connectivity index (χ3v) is 19.8. The average molecular weight is 1110 g/mol. The highest BCUT2D eigenvalue weighted by Gasteiger charge is 2.36. The first-order chi connectivity index (χ1) is 41.8. The van der Waals surface area contributed by atoms with E-state index in [1.165, 1.54) is 122 Å². The Morgan fingerprint density at radius 1 is 0.593 bits per heavy atom. The number of hydrogen-bond acceptors (Lipinski definition) is 1. The molecule has 418 valence electrons. The topological polar surface area (TPSA) is 18.1 Å². The van der Waals surface area contributed by atoms with Gasteiger partial charge in [-0.25, -0.2) is 0 Å². The molecule has 0 saturated heterocycles. The van der Waals surface area contributed by atoms with Crippen LogP contribution in [0.3, 0.4) is 0 Å². The van der Waals surface area contributed by atoms with E-state index < -0.39 is 0 Å². The van der Waals surface area contributed by atoms with Crippen molar-refractivity contribution in [2.45, 2.75) is 85.0 Å². The van der Waals surface area contributed by atoms with Crippen LogP contribution >= 0.6 is 0 Å². The Balaban J connectivity index is 0.891. The second-order valence-corrected chi connectivity index (χ2v) is 25.6. The van der Waals surface area contributed by atoms with E-state index in [2.05, 4.69) is 285 Å². The van der Waals surface area contributed by atoms with Crippen molar-refractivity contribution in [3.63, 3.8) is 0 Å². The Bertz CT molecular complexity index is 4980. The highest BCUT2D eigenvalue weighted by Crippen LogP contribution is 2.51. The molecule has 1 atom stereocenters. The maximum atomic E-state index is 7.16. The summed E-state index contributed by atoms with van der Waals surface area (Å²) in [5.74, 6) is 0.274. The van der Waals surface area contributed by atoms with Crippen LogP contribution in [0.2, 0.25) is 0 Å². The number of hydrogen-bond donors (Lipinski definition) is 0. The van der Waals surface area contributed by atoms with Gasteiger partial charge in [0.2, 0.25) is 0 Å². The third kappa shape index (κ3) is 8.35. The summed E-state index contributed by atoms with van der Waals surface area (Å²) >= 11 is 0. The fourth-order valence-electron chi connectivity index (χ4n) is 15.1. The van der Waals surface area contributed by atoms with E-state index in [-0.39, 0.29) is 16.7 Å². The number of fused-ring (bicyclic) bond motifs is 10. The first-order valence-corrected chi connectivity index (χ1v) is 30.9. The quantitative estimate of drug-likeness (QED) is 0.148. The lowest BCUT2D eigenvalue weighted by Gasteiger charge is -2.29. The summed E-state index contributed by atoms with van der Waals surface area (Å²) in [5.41, 5.74) is 30.3. The SMILES string of the molecule is C=CC1=C(/C=C\C)C(C)(C)c2cc(-c3cc(-c4ccc5c(c4)c4ccccc4n5C4=CC=C(c5c6c(c(-c7ccccc7)c7ccccc57)CCC=C6)C(C)C4)c4oc5ccc(-c6ccc7c(c6)C(C)(C)C(=C)/C=C\C(C)=C/C7)cc5c4c3)ccc21. The largest absolute Gasteiger partial charge is 0.455 e. The van der Waals surface area contributed by atoms with Crippen molar-refractivity contribution < 1.29 is 4.42 Å². The molecule has 0 aliphatic heterocycles. The minimum atomic E-state index is -0.250. The molecule has 9 aromatic carbocycles. The van der Waals surface area contributed by atoms with E-state index in [1.807, 2.05) is 6.08 Å². The zero-order chi connectivity index (χ0) is 58.8. The van der Waals surface area contributed by atoms with E-state index >= 15 is 0 Å². The Hall–Kier alpha value is -9.50. The summed E-state index contributed by atoms with van der Waals surface area (Å²) in [7, 11) is 0. The van der Waals surface area contributed by atoms with Crippen LogP contribution in [0.15, 0.2) is 253 Å². The molecule has 2 heterocycles. The maximum Gasteiger partial charge on any atom is 0.143 e. The molecule has 4 aliphatic carbocycles. The Kier molecular flexibility index (Phi) is 12.6. The maximum absolute atomic E-state index is 7.16. The summed E-state index contributed by atoms with van der Waals surface area (Å²) in [5, 5.41) is 7.32. The van der Waals surface area contributed by atoms with Crippen LogP contribution in [-0.2, 0) is 23.7 Å². The predicted octanol–water partition coefficient (Wildman–Crippen LogP) is 23.1. The van der Waals surface area contributed by atoms with E-state index in [9.17, 15) is 0 Å². The van der Waals surface area contributed by atoms with Crippen LogP contribution in [0.5, 0.6) is 0 Å². The van der Waals surface area contributed by atoms with Crippen LogP contribution < -0.4 is 0 Å². The number of furan rings is 1. The highest BCUT2D eigenvalue weighted by molar-refractivity contribution is 6.16. The molecule has 0 N–H and O–H groups in total. The van der Waals surface area contributed by atoms with Gasteiger partial charge in [0.25, 0.3) is 0 Å². The van der Waals surface area contributed by atoms with Crippen molar-refractivity contribution in [2.24, 2.45) is 5.92 Å². The van der Waals surface area contributed by atoms with Crippen LogP contribution in [-0.4, -0.2) is 4.57 Å². The molecule has 0 saturated carbocycles. The molecular formula is C84H71NO. The van der Waals surface area contributed by atoms with E-state index in [4.69, 9.17) is 4.42 Å². The molecule has 0 radical (unpaired) electrons. The van der Waals surface area contributed by atoms with Gasteiger partial charge in [0, 0.05) is 43.6 Å². The molecule has 2 nitrogen and oxygen atoms in total. The minimum Gasteiger partial charge on any atom is -0.455 e. The van der Waals surface area contributed by atoms with Gasteiger partial charge in [-0.15, -0.1) is 0 Å². The molecule has 2 heteroatoms. The smallest absolute Gasteiger partial charge is 0.143 e. The standard InChI is InChI=1S/C84H71NO/c1-10-21-74-62(11-2)64-40-36-58(50-76(64)84(74,8)9)60-47-70(82-73(48-60)72-45-56(38-43-79(72)86-82)57-35-34-54-33-31-51(3)30-32-53(5)83(6,7)75(54)49-57)59-37-42-78-71(46-59)65-24-19-20-29-77(65)85(78)61-39-41-63(52(4)44-61)81-68-27-17-15-25-66(68)80(55-22-13-12-14-23-55)67-26-16-18-28-69(67)81/h10-15,17-25,27-32,34-43,45-50,52H,2,5,16,26,33,44H2,1,3-4,6-9H3/b21-10-,32-30-,51-31-. The van der Waals surface area contributed by atoms with Crippen molar-refractivity contribution in [2.75, 3.05) is 0 Å². The van der Waals surface area contributed by atoms with Gasteiger partial charge in [0.15, 0.2) is 0 Å². The van der Waals surface area contributed by atoms with Gasteiger partial charge in [-0.1, -0.05) is 217 Å². The van der Waals surface area contributed by atoms with Gasteiger partial charge >= 0.3 is 0 Å². The van der Waals surface area contributed by atoms with E-state index in [1.54, 1.807) is 0 Å². The number of benzene rings is 9. The monoisotopic (exact) mass is 1110 g/mol. The first kappa shape index (κ1) is 53.2. The molecule has 15 rings (SSSR count). The van der Waals surface area contributed by atoms with Crippen LogP contribution in [0, 0.1) is 5.92 Å². The summed E-state index contributed by atoms with van der Waals surface area (Å²) in [6, 6.07) is 61.8. The number of aromatic nitrogens is 1. The number of nitrogens with zero attached hydrogens (tertiary/aromatic N) is 1. The summed E-state index contributed by atoms with van der Waals surface area (Å²) in [4.78, 5) is 0. The van der Waals surface area contributed by atoms with Crippen LogP contribution in [0.1, 0.15) is 100 Å². The summed E-state index contributed by atoms with van der Waals surface area (Å²) in [6.45, 7) is 24.9. The Labute approximate surface area is 506 Å². The van der Waals surface area contributed by atoms with Gasteiger partial charge in [0.1, 0.15) is 11.2 Å². The van der Waals surface area contributed by atoms with Crippen LogP contribution in [0.25, 0.3) is 122 Å². The van der Waals surface area contributed by atoms with Crippen molar-refractivity contribution >= 4 is 77.4 Å². The lowest BCUT2D eigenvalue weighted by Crippen LogP contribution is -2.20.